The average Bonchev–Trinajstić information content (AvgIpc) is 2.55. The van der Waals surface area contributed by atoms with Crippen LogP contribution in [0.1, 0.15) is 20.8 Å². The van der Waals surface area contributed by atoms with Crippen LogP contribution in [0.3, 0.4) is 0 Å². The zero-order chi connectivity index (χ0) is 17.2. The van der Waals surface area contributed by atoms with Crippen molar-refractivity contribution in [1.29, 1.82) is 0 Å². The molecule has 0 fully saturated rings. The van der Waals surface area contributed by atoms with Crippen LogP contribution in [-0.2, 0) is 0 Å². The van der Waals surface area contributed by atoms with Crippen molar-refractivity contribution in [3.63, 3.8) is 0 Å². The molecule has 124 valence electrons. The van der Waals surface area contributed by atoms with Crippen molar-refractivity contribution in [2.24, 2.45) is 0 Å². The number of ether oxygens (including phenoxy) is 1. The Bertz CT molecular complexity index is 852. The van der Waals surface area contributed by atoms with Gasteiger partial charge in [0, 0.05) is 10.9 Å². The molecule has 0 atom stereocenters. The molecule has 0 unspecified atom stereocenters. The molecule has 0 amide bonds. The van der Waals surface area contributed by atoms with Gasteiger partial charge in [0.1, 0.15) is 17.8 Å². The molecule has 0 aliphatic carbocycles. The van der Waals surface area contributed by atoms with E-state index in [1.807, 2.05) is 63.2 Å². The number of fused-ring (bicyclic) bond motifs is 1. The number of aromatic nitrogens is 2. The molecule has 1 aromatic heterocycles. The van der Waals surface area contributed by atoms with Crippen molar-refractivity contribution >= 4 is 22.3 Å². The Balaban J connectivity index is 1.90. The Kier molecular flexibility index (Phi) is 4.22. The molecule has 6 heteroatoms. The minimum atomic E-state index is -0.131. The molecule has 0 bridgehead atoms. The third-order valence-corrected chi connectivity index (χ3v) is 3.36. The van der Waals surface area contributed by atoms with Crippen LogP contribution < -0.4 is 21.3 Å². The highest BCUT2D eigenvalue weighted by Gasteiger charge is 2.14. The summed E-state index contributed by atoms with van der Waals surface area (Å²) < 4.78 is 5.95. The molecule has 0 aliphatic heterocycles. The first-order valence-electron chi connectivity index (χ1n) is 7.73. The molecule has 3 rings (SSSR count). The zero-order valence-corrected chi connectivity index (χ0v) is 14.0. The standard InChI is InChI=1S/C18H21N5O/c1-18(2,3)23-22-16-15(19)17(21-11-20-16)24-14-10-6-8-12-7-4-5-9-13(12)14/h4-11,23H,19H2,1-3H3,(H,20,21,22). The normalized spacial score (nSPS) is 11.5. The van der Waals surface area contributed by atoms with Gasteiger partial charge in [-0.25, -0.2) is 10.4 Å². The van der Waals surface area contributed by atoms with Crippen LogP contribution >= 0.6 is 0 Å². The molecule has 3 aromatic rings. The molecule has 0 aliphatic rings. The summed E-state index contributed by atoms with van der Waals surface area (Å²) in [5.74, 6) is 1.50. The number of rotatable bonds is 4. The Morgan fingerprint density at radius 1 is 1.00 bits per heavy atom. The van der Waals surface area contributed by atoms with Crippen molar-refractivity contribution in [1.82, 2.24) is 15.4 Å². The summed E-state index contributed by atoms with van der Waals surface area (Å²) in [4.78, 5) is 8.32. The topological polar surface area (TPSA) is 85.1 Å². The first-order valence-corrected chi connectivity index (χ1v) is 7.73. The van der Waals surface area contributed by atoms with Crippen molar-refractivity contribution in [3.05, 3.63) is 48.8 Å². The fourth-order valence-electron chi connectivity index (χ4n) is 2.20. The van der Waals surface area contributed by atoms with E-state index in [1.165, 1.54) is 6.33 Å². The predicted molar refractivity (Wildman–Crippen MR) is 97.0 cm³/mol. The summed E-state index contributed by atoms with van der Waals surface area (Å²) in [5.41, 5.74) is 12.5. The lowest BCUT2D eigenvalue weighted by atomic mass is 10.1. The van der Waals surface area contributed by atoms with Gasteiger partial charge in [0.05, 0.1) is 0 Å². The molecule has 0 saturated heterocycles. The Morgan fingerprint density at radius 2 is 1.75 bits per heavy atom. The van der Waals surface area contributed by atoms with Gasteiger partial charge in [-0.15, -0.1) is 0 Å². The SMILES string of the molecule is CC(C)(C)NNc1ncnc(Oc2cccc3ccccc23)c1N. The highest BCUT2D eigenvalue weighted by molar-refractivity contribution is 5.88. The lowest BCUT2D eigenvalue weighted by Gasteiger charge is -2.22. The van der Waals surface area contributed by atoms with Gasteiger partial charge in [-0.05, 0) is 32.2 Å². The summed E-state index contributed by atoms with van der Waals surface area (Å²) in [6.45, 7) is 6.10. The third kappa shape index (κ3) is 3.55. The number of hydrazine groups is 1. The lowest BCUT2D eigenvalue weighted by Crippen LogP contribution is -2.40. The number of hydrogen-bond donors (Lipinski definition) is 3. The maximum atomic E-state index is 6.15. The Morgan fingerprint density at radius 3 is 2.54 bits per heavy atom. The number of hydrogen-bond acceptors (Lipinski definition) is 6. The van der Waals surface area contributed by atoms with Gasteiger partial charge in [0.15, 0.2) is 5.82 Å². The van der Waals surface area contributed by atoms with Crippen LogP contribution in [0.25, 0.3) is 10.8 Å². The molecule has 0 radical (unpaired) electrons. The van der Waals surface area contributed by atoms with Gasteiger partial charge in [-0.2, -0.15) is 4.98 Å². The first kappa shape index (κ1) is 16.0. The second-order valence-electron chi connectivity index (χ2n) is 6.52. The maximum Gasteiger partial charge on any atom is 0.248 e. The second kappa shape index (κ2) is 6.33. The predicted octanol–water partition coefficient (Wildman–Crippen LogP) is 3.72. The van der Waals surface area contributed by atoms with E-state index >= 15 is 0 Å². The van der Waals surface area contributed by atoms with E-state index in [9.17, 15) is 0 Å². The van der Waals surface area contributed by atoms with Crippen LogP contribution in [0, 0.1) is 0 Å². The number of nitrogens with two attached hydrogens (primary N) is 1. The second-order valence-corrected chi connectivity index (χ2v) is 6.52. The van der Waals surface area contributed by atoms with E-state index in [-0.39, 0.29) is 5.54 Å². The third-order valence-electron chi connectivity index (χ3n) is 3.36. The fourth-order valence-corrected chi connectivity index (χ4v) is 2.20. The zero-order valence-electron chi connectivity index (χ0n) is 14.0. The van der Waals surface area contributed by atoms with Gasteiger partial charge in [-0.1, -0.05) is 36.4 Å². The molecule has 0 spiro atoms. The molecule has 24 heavy (non-hydrogen) atoms. The van der Waals surface area contributed by atoms with E-state index in [0.717, 1.165) is 10.8 Å². The molecule has 6 nitrogen and oxygen atoms in total. The van der Waals surface area contributed by atoms with Gasteiger partial charge in [0.25, 0.3) is 0 Å². The highest BCUT2D eigenvalue weighted by atomic mass is 16.5. The molecule has 0 saturated carbocycles. The number of benzene rings is 2. The quantitative estimate of drug-likeness (QED) is 0.635. The van der Waals surface area contributed by atoms with Crippen LogP contribution in [0.2, 0.25) is 0 Å². The smallest absolute Gasteiger partial charge is 0.248 e. The number of nitrogen functional groups attached to an aromatic ring is 1. The minimum absolute atomic E-state index is 0.131. The van der Waals surface area contributed by atoms with Crippen LogP contribution in [0.4, 0.5) is 11.5 Å². The molecule has 4 N–H and O–H groups in total. The summed E-state index contributed by atoms with van der Waals surface area (Å²) in [6, 6.07) is 13.9. The summed E-state index contributed by atoms with van der Waals surface area (Å²) in [5, 5.41) is 2.09. The van der Waals surface area contributed by atoms with Crippen molar-refractivity contribution < 1.29 is 4.74 Å². The highest BCUT2D eigenvalue weighted by Crippen LogP contribution is 2.33. The van der Waals surface area contributed by atoms with E-state index in [4.69, 9.17) is 10.5 Å². The monoisotopic (exact) mass is 323 g/mol. The van der Waals surface area contributed by atoms with Gasteiger partial charge in [0.2, 0.25) is 5.88 Å². The van der Waals surface area contributed by atoms with Gasteiger partial charge >= 0.3 is 0 Å². The summed E-state index contributed by atoms with van der Waals surface area (Å²) >= 11 is 0. The van der Waals surface area contributed by atoms with E-state index in [1.54, 1.807) is 0 Å². The molecule has 1 heterocycles. The van der Waals surface area contributed by atoms with Crippen molar-refractivity contribution in [2.75, 3.05) is 11.2 Å². The number of nitrogens with one attached hydrogen (secondary N) is 2. The number of nitrogens with zero attached hydrogens (tertiary/aromatic N) is 2. The Hall–Kier alpha value is -2.86. The summed E-state index contributed by atoms with van der Waals surface area (Å²) in [6.07, 6.45) is 1.42. The van der Waals surface area contributed by atoms with E-state index in [2.05, 4.69) is 20.8 Å². The minimum Gasteiger partial charge on any atom is -0.436 e. The van der Waals surface area contributed by atoms with Crippen LogP contribution in [-0.4, -0.2) is 15.5 Å². The number of anilines is 2. The van der Waals surface area contributed by atoms with E-state index in [0.29, 0.717) is 23.1 Å². The van der Waals surface area contributed by atoms with Crippen molar-refractivity contribution in [2.45, 2.75) is 26.3 Å². The molecular formula is C18H21N5O. The summed E-state index contributed by atoms with van der Waals surface area (Å²) in [7, 11) is 0. The van der Waals surface area contributed by atoms with Gasteiger partial charge in [-0.3, -0.25) is 0 Å². The maximum absolute atomic E-state index is 6.15. The van der Waals surface area contributed by atoms with Gasteiger partial charge < -0.3 is 15.9 Å². The van der Waals surface area contributed by atoms with E-state index < -0.39 is 0 Å². The van der Waals surface area contributed by atoms with Crippen LogP contribution in [0.5, 0.6) is 11.6 Å². The lowest BCUT2D eigenvalue weighted by molar-refractivity contribution is 0.459. The molecule has 2 aromatic carbocycles. The first-order chi connectivity index (χ1) is 11.4. The largest absolute Gasteiger partial charge is 0.436 e. The average molecular weight is 323 g/mol. The van der Waals surface area contributed by atoms with Crippen LogP contribution in [0.15, 0.2) is 48.8 Å². The molecular weight excluding hydrogens is 302 g/mol. The van der Waals surface area contributed by atoms with Crippen molar-refractivity contribution in [3.8, 4) is 11.6 Å². The Labute approximate surface area is 141 Å². The fraction of sp³-hybridized carbons (Fsp3) is 0.222.